The maximum absolute atomic E-state index is 12.7. The van der Waals surface area contributed by atoms with Gasteiger partial charge < -0.3 is 19.9 Å². The number of benzene rings is 2. The van der Waals surface area contributed by atoms with Crippen molar-refractivity contribution in [1.82, 2.24) is 0 Å². The standard InChI is InChI=1S/C21H26ClN3O2/c1-15-7-8-17(22)13-20(15)25-11-9-24(10-12-25)16(2)21(26)23-18-5-4-6-19(14-18)27-3/h4-8,13-14,16H,9-12H2,1-3H3,(H,23,26)/p+1/t16-/m1/s1. The molecule has 2 N–H and O–H groups in total. The summed E-state index contributed by atoms with van der Waals surface area (Å²) in [5.74, 6) is 0.768. The van der Waals surface area contributed by atoms with Gasteiger partial charge >= 0.3 is 0 Å². The zero-order valence-electron chi connectivity index (χ0n) is 16.1. The molecule has 1 fully saturated rings. The first kappa shape index (κ1) is 19.5. The molecule has 0 unspecified atom stereocenters. The molecule has 0 saturated carbocycles. The minimum atomic E-state index is -0.112. The van der Waals surface area contributed by atoms with Gasteiger partial charge in [0, 0.05) is 22.5 Å². The van der Waals surface area contributed by atoms with Crippen molar-refractivity contribution >= 4 is 28.9 Å². The SMILES string of the molecule is COc1cccc(NC(=O)[C@@H](C)[NH+]2CCN(c3cc(Cl)ccc3C)CC2)c1. The average Bonchev–Trinajstić information content (AvgIpc) is 2.69. The third-order valence-electron chi connectivity index (χ3n) is 5.26. The van der Waals surface area contributed by atoms with Crippen molar-refractivity contribution < 1.29 is 14.4 Å². The highest BCUT2D eigenvalue weighted by Gasteiger charge is 2.29. The van der Waals surface area contributed by atoms with Crippen LogP contribution in [-0.4, -0.2) is 45.2 Å². The Morgan fingerprint density at radius 1 is 1.22 bits per heavy atom. The summed E-state index contributed by atoms with van der Waals surface area (Å²) in [5, 5.41) is 3.76. The van der Waals surface area contributed by atoms with E-state index in [4.69, 9.17) is 16.3 Å². The molecule has 2 aromatic rings. The molecule has 5 nitrogen and oxygen atoms in total. The number of amides is 1. The van der Waals surface area contributed by atoms with Crippen LogP contribution in [0.1, 0.15) is 12.5 Å². The van der Waals surface area contributed by atoms with Gasteiger partial charge in [-0.3, -0.25) is 4.79 Å². The molecule has 27 heavy (non-hydrogen) atoms. The number of carbonyl (C=O) groups excluding carboxylic acids is 1. The summed E-state index contributed by atoms with van der Waals surface area (Å²) in [6.45, 7) is 7.75. The fraction of sp³-hybridized carbons (Fsp3) is 0.381. The molecule has 144 valence electrons. The number of aryl methyl sites for hydroxylation is 1. The number of nitrogens with one attached hydrogen (secondary N) is 2. The van der Waals surface area contributed by atoms with Gasteiger partial charge in [-0.2, -0.15) is 0 Å². The Morgan fingerprint density at radius 3 is 2.67 bits per heavy atom. The summed E-state index contributed by atoms with van der Waals surface area (Å²) in [6, 6.07) is 13.3. The van der Waals surface area contributed by atoms with Crippen LogP contribution in [0, 0.1) is 6.92 Å². The monoisotopic (exact) mass is 388 g/mol. The Hall–Kier alpha value is -2.24. The molecule has 1 atom stereocenters. The quantitative estimate of drug-likeness (QED) is 0.826. The number of quaternary nitrogens is 1. The highest BCUT2D eigenvalue weighted by molar-refractivity contribution is 6.30. The maximum atomic E-state index is 12.7. The summed E-state index contributed by atoms with van der Waals surface area (Å²) in [6.07, 6.45) is 0. The van der Waals surface area contributed by atoms with Crippen molar-refractivity contribution in [2.75, 3.05) is 43.5 Å². The number of rotatable bonds is 5. The van der Waals surface area contributed by atoms with E-state index in [1.807, 2.05) is 43.3 Å². The maximum Gasteiger partial charge on any atom is 0.282 e. The van der Waals surface area contributed by atoms with E-state index in [0.29, 0.717) is 0 Å². The van der Waals surface area contributed by atoms with E-state index in [0.717, 1.165) is 42.6 Å². The van der Waals surface area contributed by atoms with Gasteiger partial charge in [-0.05, 0) is 43.7 Å². The fourth-order valence-electron chi connectivity index (χ4n) is 3.53. The van der Waals surface area contributed by atoms with Gasteiger partial charge in [0.25, 0.3) is 5.91 Å². The van der Waals surface area contributed by atoms with Gasteiger partial charge in [0.15, 0.2) is 6.04 Å². The van der Waals surface area contributed by atoms with E-state index in [9.17, 15) is 4.79 Å². The Labute approximate surface area is 165 Å². The summed E-state index contributed by atoms with van der Waals surface area (Å²) < 4.78 is 5.21. The molecular weight excluding hydrogens is 362 g/mol. The van der Waals surface area contributed by atoms with Crippen LogP contribution >= 0.6 is 11.6 Å². The molecule has 0 radical (unpaired) electrons. The molecule has 2 aromatic carbocycles. The highest BCUT2D eigenvalue weighted by atomic mass is 35.5. The molecule has 6 heteroatoms. The number of halogens is 1. The molecule has 0 bridgehead atoms. The summed E-state index contributed by atoms with van der Waals surface area (Å²) in [4.78, 5) is 16.3. The van der Waals surface area contributed by atoms with Crippen molar-refractivity contribution in [1.29, 1.82) is 0 Å². The topological polar surface area (TPSA) is 46.0 Å². The number of hydrogen-bond donors (Lipinski definition) is 2. The first-order valence-electron chi connectivity index (χ1n) is 9.28. The van der Waals surface area contributed by atoms with E-state index >= 15 is 0 Å². The lowest BCUT2D eigenvalue weighted by Crippen LogP contribution is -3.19. The Morgan fingerprint density at radius 2 is 1.96 bits per heavy atom. The zero-order chi connectivity index (χ0) is 19.4. The Kier molecular flexibility index (Phi) is 6.24. The van der Waals surface area contributed by atoms with Crippen molar-refractivity contribution in [3.63, 3.8) is 0 Å². The number of ether oxygens (including phenoxy) is 1. The number of piperazine rings is 1. The van der Waals surface area contributed by atoms with Crippen LogP contribution in [0.5, 0.6) is 5.75 Å². The van der Waals surface area contributed by atoms with E-state index in [2.05, 4.69) is 23.2 Å². The van der Waals surface area contributed by atoms with Gasteiger partial charge in [-0.25, -0.2) is 0 Å². The highest BCUT2D eigenvalue weighted by Crippen LogP contribution is 2.24. The fourth-order valence-corrected chi connectivity index (χ4v) is 3.69. The van der Waals surface area contributed by atoms with Crippen LogP contribution in [0.15, 0.2) is 42.5 Å². The lowest BCUT2D eigenvalue weighted by atomic mass is 10.1. The number of methoxy groups -OCH3 is 1. The minimum absolute atomic E-state index is 0.0330. The molecule has 0 aliphatic carbocycles. The second kappa shape index (κ2) is 8.63. The van der Waals surface area contributed by atoms with Gasteiger partial charge in [0.05, 0.1) is 33.3 Å². The molecule has 1 aliphatic rings. The Balaban J connectivity index is 1.58. The molecule has 0 spiro atoms. The van der Waals surface area contributed by atoms with Gasteiger partial charge in [0.2, 0.25) is 0 Å². The van der Waals surface area contributed by atoms with Gasteiger partial charge in [0.1, 0.15) is 5.75 Å². The van der Waals surface area contributed by atoms with Crippen LogP contribution in [0.3, 0.4) is 0 Å². The molecular formula is C21H27ClN3O2+. The third kappa shape index (κ3) is 4.73. The first-order valence-corrected chi connectivity index (χ1v) is 9.66. The second-order valence-electron chi connectivity index (χ2n) is 7.02. The third-order valence-corrected chi connectivity index (χ3v) is 5.50. The van der Waals surface area contributed by atoms with Crippen LogP contribution < -0.4 is 19.9 Å². The van der Waals surface area contributed by atoms with Crippen LogP contribution in [0.4, 0.5) is 11.4 Å². The molecule has 1 saturated heterocycles. The number of carbonyl (C=O) groups is 1. The largest absolute Gasteiger partial charge is 0.497 e. The van der Waals surface area contributed by atoms with Crippen molar-refractivity contribution in [2.24, 2.45) is 0 Å². The van der Waals surface area contributed by atoms with E-state index in [1.165, 1.54) is 16.2 Å². The summed E-state index contributed by atoms with van der Waals surface area (Å²) in [5.41, 5.74) is 3.18. The van der Waals surface area contributed by atoms with Gasteiger partial charge in [-0.1, -0.05) is 23.7 Å². The zero-order valence-corrected chi connectivity index (χ0v) is 16.8. The minimum Gasteiger partial charge on any atom is -0.497 e. The summed E-state index contributed by atoms with van der Waals surface area (Å²) in [7, 11) is 1.62. The van der Waals surface area contributed by atoms with Crippen molar-refractivity contribution in [3.05, 3.63) is 53.1 Å². The van der Waals surface area contributed by atoms with Crippen LogP contribution in [0.2, 0.25) is 5.02 Å². The van der Waals surface area contributed by atoms with Crippen molar-refractivity contribution in [2.45, 2.75) is 19.9 Å². The predicted molar refractivity (Wildman–Crippen MR) is 110 cm³/mol. The van der Waals surface area contributed by atoms with Crippen molar-refractivity contribution in [3.8, 4) is 5.75 Å². The average molecular weight is 389 g/mol. The van der Waals surface area contributed by atoms with E-state index in [-0.39, 0.29) is 11.9 Å². The predicted octanol–water partition coefficient (Wildman–Crippen LogP) is 2.39. The lowest BCUT2D eigenvalue weighted by Gasteiger charge is -2.36. The normalized spacial score (nSPS) is 16.1. The Bertz CT molecular complexity index is 804. The molecule has 1 aliphatic heterocycles. The molecule has 1 heterocycles. The first-order chi connectivity index (χ1) is 13.0. The molecule has 0 aromatic heterocycles. The number of anilines is 2. The van der Waals surface area contributed by atoms with Crippen LogP contribution in [0.25, 0.3) is 0 Å². The second-order valence-corrected chi connectivity index (χ2v) is 7.46. The number of nitrogens with zero attached hydrogens (tertiary/aromatic N) is 1. The molecule has 1 amide bonds. The van der Waals surface area contributed by atoms with E-state index in [1.54, 1.807) is 7.11 Å². The van der Waals surface area contributed by atoms with Crippen LogP contribution in [-0.2, 0) is 4.79 Å². The van der Waals surface area contributed by atoms with E-state index < -0.39 is 0 Å². The summed E-state index contributed by atoms with van der Waals surface area (Å²) >= 11 is 6.16. The number of hydrogen-bond acceptors (Lipinski definition) is 3. The molecule has 3 rings (SSSR count). The van der Waals surface area contributed by atoms with Gasteiger partial charge in [-0.15, -0.1) is 0 Å². The smallest absolute Gasteiger partial charge is 0.282 e. The lowest BCUT2D eigenvalue weighted by molar-refractivity contribution is -0.914.